The molecule has 36 heteroatoms. The van der Waals surface area contributed by atoms with Crippen molar-refractivity contribution in [1.29, 1.82) is 0 Å². The van der Waals surface area contributed by atoms with Gasteiger partial charge >= 0.3 is 49.4 Å². The van der Waals surface area contributed by atoms with Crippen molar-refractivity contribution < 1.29 is 124 Å². The molecule has 0 saturated heterocycles. The summed E-state index contributed by atoms with van der Waals surface area (Å²) in [6.07, 6.45) is -44.6. The predicted octanol–water partition coefficient (Wildman–Crippen LogP) is 21.7. The molecular formula is C68H34F24N8O4. The third-order valence-corrected chi connectivity index (χ3v) is 16.7. The number of methoxy groups -OCH3 is 4. The fraction of sp³-hybridized carbons (Fsp3) is 0.176. The van der Waals surface area contributed by atoms with Crippen LogP contribution in [0.15, 0.2) is 121 Å². The van der Waals surface area contributed by atoms with E-state index in [0.717, 1.165) is 77.0 Å². The smallest absolute Gasteiger partial charge is 0.416 e. The molecule has 538 valence electrons. The van der Waals surface area contributed by atoms with Crippen LogP contribution < -0.4 is 18.9 Å². The number of ether oxygens (including phenoxy) is 4. The number of nitrogens with one attached hydrogen (secondary N) is 2. The van der Waals surface area contributed by atoms with E-state index in [1.807, 2.05) is 0 Å². The SMILES string of the molecule is COc1cc2c(cc1OC)-c1nc-2nc2[nH]c(nc3nc(nc4[nH]c(n1)c1c(-c5cc(C(F)(F)F)cc(C(F)(F)F)c5)ccc(-c5cc(C(F)(F)F)cc(C(F)(F)F)c5)c41)-c1cc(OC)c(OC)cc1-3)c1c(-c3cc(C(F)(F)F)cc(C(F)(F)F)c3)ccc(-c3cc(C(F)(F)F)cc(C(F)(F)F)c3)c21. The van der Waals surface area contributed by atoms with Crippen LogP contribution in [0.5, 0.6) is 23.0 Å². The summed E-state index contributed by atoms with van der Waals surface area (Å²) in [5, 5.41) is -2.95. The van der Waals surface area contributed by atoms with Crippen LogP contribution in [-0.2, 0) is 49.4 Å². The van der Waals surface area contributed by atoms with Crippen molar-refractivity contribution in [3.63, 3.8) is 0 Å². The van der Waals surface area contributed by atoms with E-state index in [-0.39, 0.29) is 118 Å². The molecule has 8 bridgehead atoms. The Bertz CT molecular complexity index is 4790. The number of nitrogens with zero attached hydrogens (tertiary/aromatic N) is 6. The van der Waals surface area contributed by atoms with Gasteiger partial charge in [-0.1, -0.05) is 24.3 Å². The standard InChI is InChI=1S/C68H34F24N8O4/c1-101-45-21-41-42(22-46(45)102-2)54-93-53(41)95-57-49-37(25-9-29(61(69,70)71)17-30(10-25)62(72,73)74)5-6-38(26-11-31(63(75,76)77)18-32(12-26)64(78,79)80)50(49)59(99-57)97-55-43-23-47(103-3)48(104-4)24-44(43)56(94-55)98-60-52-40(28-15-35(67(87,88)89)20-36(16-28)68(90,91)92)8-7-39(51(52)58(96-54)100-60)27-13-33(65(81,82)83)19-34(14-27)66(84,85)86/h5-24H,1-4H3,(H2,93,94,95,96,97,98,99,100). The van der Waals surface area contributed by atoms with Gasteiger partial charge in [0.25, 0.3) is 0 Å². The van der Waals surface area contributed by atoms with Crippen molar-refractivity contribution in [1.82, 2.24) is 39.9 Å². The Morgan fingerprint density at radius 2 is 0.385 bits per heavy atom. The molecule has 5 heterocycles. The van der Waals surface area contributed by atoms with Gasteiger partial charge in [-0.3, -0.25) is 0 Å². The average molecular weight is 1480 g/mol. The molecule has 11 aromatic rings. The van der Waals surface area contributed by atoms with Crippen LogP contribution in [0.4, 0.5) is 105 Å². The van der Waals surface area contributed by atoms with Crippen molar-refractivity contribution in [2.75, 3.05) is 28.4 Å². The van der Waals surface area contributed by atoms with Crippen LogP contribution in [-0.4, -0.2) is 68.3 Å². The van der Waals surface area contributed by atoms with Gasteiger partial charge < -0.3 is 28.9 Å². The van der Waals surface area contributed by atoms with Gasteiger partial charge in [0.05, 0.1) is 72.9 Å². The lowest BCUT2D eigenvalue weighted by atomic mass is 9.91. The zero-order valence-electron chi connectivity index (χ0n) is 51.9. The number of rotatable bonds is 8. The van der Waals surface area contributed by atoms with Gasteiger partial charge in [0.15, 0.2) is 46.3 Å². The lowest BCUT2D eigenvalue weighted by Crippen LogP contribution is -2.11. The van der Waals surface area contributed by atoms with Crippen LogP contribution in [0, 0.1) is 0 Å². The maximum atomic E-state index is 14.9. The fourth-order valence-electron chi connectivity index (χ4n) is 12.1. The number of H-pyrrole nitrogens is 2. The van der Waals surface area contributed by atoms with Gasteiger partial charge in [-0.2, -0.15) is 105 Å². The third kappa shape index (κ3) is 12.8. The van der Waals surface area contributed by atoms with Crippen LogP contribution in [0.1, 0.15) is 44.5 Å². The first-order valence-corrected chi connectivity index (χ1v) is 29.2. The molecule has 8 aromatic carbocycles. The highest BCUT2D eigenvalue weighted by molar-refractivity contribution is 6.20. The summed E-state index contributed by atoms with van der Waals surface area (Å²) in [7, 11) is 4.39. The van der Waals surface area contributed by atoms with E-state index in [2.05, 4.69) is 39.9 Å². The maximum Gasteiger partial charge on any atom is 0.416 e. The van der Waals surface area contributed by atoms with E-state index < -0.39 is 206 Å². The fourth-order valence-corrected chi connectivity index (χ4v) is 12.1. The summed E-state index contributed by atoms with van der Waals surface area (Å²) >= 11 is 0. The maximum absolute atomic E-state index is 14.9. The second-order valence-corrected chi connectivity index (χ2v) is 23.1. The van der Waals surface area contributed by atoms with Crippen LogP contribution in [0.2, 0.25) is 0 Å². The molecular weight excluding hydrogens is 1450 g/mol. The zero-order valence-corrected chi connectivity index (χ0v) is 51.9. The molecule has 2 aliphatic heterocycles. The lowest BCUT2D eigenvalue weighted by Gasteiger charge is -2.17. The Kier molecular flexibility index (Phi) is 16.5. The first kappa shape index (κ1) is 71.1. The molecule has 0 spiro atoms. The summed E-state index contributed by atoms with van der Waals surface area (Å²) in [5.41, 5.74) is -26.8. The van der Waals surface area contributed by atoms with Crippen LogP contribution >= 0.6 is 0 Å². The summed E-state index contributed by atoms with van der Waals surface area (Å²) in [6, 6.07) is 8.24. The van der Waals surface area contributed by atoms with Crippen molar-refractivity contribution in [3.05, 3.63) is 166 Å². The minimum Gasteiger partial charge on any atom is -0.493 e. The van der Waals surface area contributed by atoms with E-state index in [1.165, 1.54) is 0 Å². The summed E-state index contributed by atoms with van der Waals surface area (Å²) in [6.45, 7) is 0. The van der Waals surface area contributed by atoms with Crippen molar-refractivity contribution >= 4 is 44.1 Å². The Morgan fingerprint density at radius 1 is 0.221 bits per heavy atom. The molecule has 13 rings (SSSR count). The van der Waals surface area contributed by atoms with Crippen molar-refractivity contribution in [2.45, 2.75) is 49.4 Å². The molecule has 0 unspecified atom stereocenters. The average Bonchev–Trinajstić information content (AvgIpc) is 1.50. The monoisotopic (exact) mass is 1480 g/mol. The molecule has 0 aliphatic carbocycles. The molecule has 0 radical (unpaired) electrons. The zero-order chi connectivity index (χ0) is 75.4. The number of benzene rings is 8. The molecule has 12 nitrogen and oxygen atoms in total. The number of halogens is 24. The lowest BCUT2D eigenvalue weighted by molar-refractivity contribution is -0.144. The molecule has 2 aliphatic rings. The number of aromatic amines is 2. The highest BCUT2D eigenvalue weighted by Gasteiger charge is 2.43. The number of hydrogen-bond donors (Lipinski definition) is 2. The van der Waals surface area contributed by atoms with Crippen molar-refractivity contribution in [2.24, 2.45) is 0 Å². The second-order valence-electron chi connectivity index (χ2n) is 23.1. The van der Waals surface area contributed by atoms with E-state index >= 15 is 0 Å². The Hall–Kier alpha value is -11.4. The first-order valence-electron chi connectivity index (χ1n) is 29.2. The van der Waals surface area contributed by atoms with Gasteiger partial charge in [0.1, 0.15) is 22.6 Å². The molecule has 3 aromatic heterocycles. The minimum atomic E-state index is -5.58. The highest BCUT2D eigenvalue weighted by Crippen LogP contribution is 2.52. The summed E-state index contributed by atoms with van der Waals surface area (Å²) in [5.74, 6) is -3.69. The third-order valence-electron chi connectivity index (χ3n) is 16.7. The Balaban J connectivity index is 1.31. The topological polar surface area (TPSA) is 146 Å². The Labute approximate surface area is 563 Å². The molecule has 0 saturated carbocycles. The van der Waals surface area contributed by atoms with Gasteiger partial charge in [-0.05, 0) is 142 Å². The first-order chi connectivity index (χ1) is 48.3. The van der Waals surface area contributed by atoms with Gasteiger partial charge in [-0.25, -0.2) is 29.9 Å². The van der Waals surface area contributed by atoms with Gasteiger partial charge in [-0.15, -0.1) is 0 Å². The summed E-state index contributed by atoms with van der Waals surface area (Å²) < 4.78 is 379. The van der Waals surface area contributed by atoms with E-state index in [4.69, 9.17) is 18.9 Å². The molecule has 2 N–H and O–H groups in total. The van der Waals surface area contributed by atoms with Gasteiger partial charge in [0, 0.05) is 43.8 Å². The number of alkyl halides is 24. The van der Waals surface area contributed by atoms with Crippen molar-refractivity contribution in [3.8, 4) is 113 Å². The van der Waals surface area contributed by atoms with Crippen LogP contribution in [0.3, 0.4) is 0 Å². The second kappa shape index (κ2) is 24.1. The number of hydrogen-bond acceptors (Lipinski definition) is 10. The van der Waals surface area contributed by atoms with E-state index in [0.29, 0.717) is 0 Å². The normalized spacial score (nSPS) is 13.2. The minimum absolute atomic E-state index is 0.218. The number of aromatic nitrogens is 8. The molecule has 0 amide bonds. The quantitative estimate of drug-likeness (QED) is 0.141. The van der Waals surface area contributed by atoms with Crippen LogP contribution in [0.25, 0.3) is 134 Å². The molecule has 0 fully saturated rings. The Morgan fingerprint density at radius 3 is 0.529 bits per heavy atom. The highest BCUT2D eigenvalue weighted by atomic mass is 19.4. The molecule has 0 atom stereocenters. The predicted molar refractivity (Wildman–Crippen MR) is 324 cm³/mol. The largest absolute Gasteiger partial charge is 0.493 e. The van der Waals surface area contributed by atoms with E-state index in [9.17, 15) is 105 Å². The number of fused-ring (bicyclic) bond motifs is 20. The van der Waals surface area contributed by atoms with E-state index in [1.54, 1.807) is 0 Å². The van der Waals surface area contributed by atoms with Gasteiger partial charge in [0.2, 0.25) is 0 Å². The molecule has 104 heavy (non-hydrogen) atoms. The summed E-state index contributed by atoms with van der Waals surface area (Å²) in [4.78, 5) is 33.3.